The molecule has 0 bridgehead atoms. The van der Waals surface area contributed by atoms with Crippen molar-refractivity contribution >= 4 is 45.7 Å². The van der Waals surface area contributed by atoms with Gasteiger partial charge in [0.05, 0.1) is 23.3 Å². The summed E-state index contributed by atoms with van der Waals surface area (Å²) in [6.07, 6.45) is 0.230. The average molecular weight is 502 g/mol. The Morgan fingerprint density at radius 3 is 2.53 bits per heavy atom. The van der Waals surface area contributed by atoms with E-state index in [9.17, 15) is 14.4 Å². The first-order valence-corrected chi connectivity index (χ1v) is 11.4. The number of amides is 2. The van der Waals surface area contributed by atoms with Crippen molar-refractivity contribution < 1.29 is 14.1 Å². The van der Waals surface area contributed by atoms with Gasteiger partial charge in [0.2, 0.25) is 5.91 Å². The highest BCUT2D eigenvalue weighted by Crippen LogP contribution is 2.29. The van der Waals surface area contributed by atoms with E-state index < -0.39 is 11.7 Å². The standard InChI is InChI=1S/C26H20ClN5O4/c1-14-5-7-15(8-6-14)11-22(33)28-20-4-2-3-16-12-21(29-23(16)20)25(34)30-19-10-9-17(27)13-18(19)24-31-26(35)36-32-24/h2-10,12-13,29H,11H2,1H3,(H,28,33)(H,30,34)(H,31,32,35). The van der Waals surface area contributed by atoms with Gasteiger partial charge in [-0.1, -0.05) is 58.7 Å². The first-order valence-electron chi connectivity index (χ1n) is 11.0. The molecule has 4 N–H and O–H groups in total. The van der Waals surface area contributed by atoms with Crippen molar-refractivity contribution in [2.75, 3.05) is 10.6 Å². The van der Waals surface area contributed by atoms with Gasteiger partial charge in [-0.3, -0.25) is 19.1 Å². The molecule has 0 spiro atoms. The molecule has 5 rings (SSSR count). The maximum absolute atomic E-state index is 13.1. The number of H-pyrrole nitrogens is 2. The van der Waals surface area contributed by atoms with Crippen LogP contribution in [-0.4, -0.2) is 26.9 Å². The zero-order valence-corrected chi connectivity index (χ0v) is 19.8. The van der Waals surface area contributed by atoms with Gasteiger partial charge in [-0.25, -0.2) is 4.79 Å². The predicted octanol–water partition coefficient (Wildman–Crippen LogP) is 4.91. The molecule has 0 saturated heterocycles. The zero-order valence-electron chi connectivity index (χ0n) is 19.0. The van der Waals surface area contributed by atoms with E-state index >= 15 is 0 Å². The van der Waals surface area contributed by atoms with Gasteiger partial charge in [0, 0.05) is 16.0 Å². The van der Waals surface area contributed by atoms with Crippen LogP contribution in [0.2, 0.25) is 5.02 Å². The molecule has 2 heterocycles. The van der Waals surface area contributed by atoms with E-state index in [2.05, 4.69) is 30.3 Å². The largest absolute Gasteiger partial charge is 0.439 e. The van der Waals surface area contributed by atoms with Crippen LogP contribution in [0.4, 0.5) is 11.4 Å². The van der Waals surface area contributed by atoms with Crippen molar-refractivity contribution in [2.24, 2.45) is 0 Å². The lowest BCUT2D eigenvalue weighted by molar-refractivity contribution is -0.115. The van der Waals surface area contributed by atoms with Crippen molar-refractivity contribution in [2.45, 2.75) is 13.3 Å². The van der Waals surface area contributed by atoms with Crippen LogP contribution < -0.4 is 16.4 Å². The minimum Gasteiger partial charge on any atom is -0.349 e. The van der Waals surface area contributed by atoms with E-state index in [1.54, 1.807) is 36.4 Å². The number of para-hydroxylation sites is 1. The number of rotatable bonds is 6. The molecule has 2 amide bonds. The smallest absolute Gasteiger partial charge is 0.349 e. The van der Waals surface area contributed by atoms with Crippen LogP contribution in [0.3, 0.4) is 0 Å². The molecule has 5 aromatic rings. The normalized spacial score (nSPS) is 10.9. The Morgan fingerprint density at radius 1 is 0.972 bits per heavy atom. The number of nitrogens with zero attached hydrogens (tertiary/aromatic N) is 1. The third-order valence-electron chi connectivity index (χ3n) is 5.59. The molecule has 2 aromatic heterocycles. The molecule has 10 heteroatoms. The summed E-state index contributed by atoms with van der Waals surface area (Å²) >= 11 is 6.09. The molecule has 0 radical (unpaired) electrons. The summed E-state index contributed by atoms with van der Waals surface area (Å²) < 4.78 is 4.57. The molecular weight excluding hydrogens is 482 g/mol. The van der Waals surface area contributed by atoms with Gasteiger partial charge in [-0.05, 0) is 42.8 Å². The number of halogens is 1. The number of hydrogen-bond acceptors (Lipinski definition) is 5. The molecule has 0 aliphatic heterocycles. The number of carbonyl (C=O) groups is 2. The minimum atomic E-state index is -0.727. The number of aryl methyl sites for hydroxylation is 1. The molecule has 9 nitrogen and oxygen atoms in total. The Balaban J connectivity index is 1.38. The average Bonchev–Trinajstić information content (AvgIpc) is 3.49. The molecule has 180 valence electrons. The van der Waals surface area contributed by atoms with E-state index in [1.807, 2.05) is 37.3 Å². The number of aromatic nitrogens is 3. The van der Waals surface area contributed by atoms with E-state index in [0.717, 1.165) is 16.5 Å². The third kappa shape index (κ3) is 4.91. The fourth-order valence-electron chi connectivity index (χ4n) is 3.83. The molecule has 36 heavy (non-hydrogen) atoms. The first-order chi connectivity index (χ1) is 17.4. The number of nitrogens with one attached hydrogen (secondary N) is 4. The fraction of sp³-hybridized carbons (Fsp3) is 0.0769. The summed E-state index contributed by atoms with van der Waals surface area (Å²) in [6, 6.07) is 19.6. The van der Waals surface area contributed by atoms with Crippen LogP contribution in [0.5, 0.6) is 0 Å². The first kappa shape index (κ1) is 23.1. The highest BCUT2D eigenvalue weighted by Gasteiger charge is 2.17. The fourth-order valence-corrected chi connectivity index (χ4v) is 4.00. The van der Waals surface area contributed by atoms with Crippen LogP contribution in [0.1, 0.15) is 21.6 Å². The number of anilines is 2. The Bertz CT molecular complexity index is 1650. The highest BCUT2D eigenvalue weighted by molar-refractivity contribution is 6.31. The van der Waals surface area contributed by atoms with Gasteiger partial charge < -0.3 is 15.6 Å². The van der Waals surface area contributed by atoms with Crippen molar-refractivity contribution in [3.63, 3.8) is 0 Å². The molecule has 0 aliphatic carbocycles. The number of carbonyl (C=O) groups excluding carboxylic acids is 2. The summed E-state index contributed by atoms with van der Waals surface area (Å²) in [7, 11) is 0. The number of fused-ring (bicyclic) bond motifs is 1. The van der Waals surface area contributed by atoms with Gasteiger partial charge in [0.1, 0.15) is 5.69 Å². The molecule has 0 unspecified atom stereocenters. The van der Waals surface area contributed by atoms with Crippen LogP contribution in [0.25, 0.3) is 22.3 Å². The summed E-state index contributed by atoms with van der Waals surface area (Å²) in [6.45, 7) is 1.99. The Kier molecular flexibility index (Phi) is 6.14. The third-order valence-corrected chi connectivity index (χ3v) is 5.82. The van der Waals surface area contributed by atoms with Gasteiger partial charge in [-0.2, -0.15) is 0 Å². The quantitative estimate of drug-likeness (QED) is 0.262. The Hall–Kier alpha value is -4.63. The van der Waals surface area contributed by atoms with Gasteiger partial charge >= 0.3 is 5.76 Å². The summed E-state index contributed by atoms with van der Waals surface area (Å²) in [5.41, 5.74) is 4.26. The van der Waals surface area contributed by atoms with Crippen molar-refractivity contribution in [1.82, 2.24) is 15.1 Å². The van der Waals surface area contributed by atoms with Gasteiger partial charge in [-0.15, -0.1) is 0 Å². The molecule has 3 aromatic carbocycles. The monoisotopic (exact) mass is 501 g/mol. The lowest BCUT2D eigenvalue weighted by Crippen LogP contribution is -2.15. The van der Waals surface area contributed by atoms with Crippen LogP contribution >= 0.6 is 11.6 Å². The van der Waals surface area contributed by atoms with E-state index in [-0.39, 0.29) is 23.8 Å². The summed E-state index contributed by atoms with van der Waals surface area (Å²) in [4.78, 5) is 42.6. The second kappa shape index (κ2) is 9.55. The van der Waals surface area contributed by atoms with E-state index in [4.69, 9.17) is 11.6 Å². The highest BCUT2D eigenvalue weighted by atomic mass is 35.5. The van der Waals surface area contributed by atoms with Crippen molar-refractivity contribution in [1.29, 1.82) is 0 Å². The molecule has 0 atom stereocenters. The maximum atomic E-state index is 13.1. The van der Waals surface area contributed by atoms with E-state index in [1.165, 1.54) is 0 Å². The van der Waals surface area contributed by atoms with Crippen LogP contribution in [0.15, 0.2) is 76.0 Å². The number of benzene rings is 3. The predicted molar refractivity (Wildman–Crippen MR) is 137 cm³/mol. The summed E-state index contributed by atoms with van der Waals surface area (Å²) in [5.74, 6) is -1.19. The summed E-state index contributed by atoms with van der Waals surface area (Å²) in [5, 5.41) is 10.5. The SMILES string of the molecule is Cc1ccc(CC(=O)Nc2cccc3cc(C(=O)Nc4ccc(Cl)cc4-c4noc(=O)[nH]4)[nH]c23)cc1. The Morgan fingerprint density at radius 2 is 1.78 bits per heavy atom. The molecule has 0 saturated carbocycles. The van der Waals surface area contributed by atoms with Gasteiger partial charge in [0.15, 0.2) is 5.82 Å². The van der Waals surface area contributed by atoms with Gasteiger partial charge in [0.25, 0.3) is 5.91 Å². The number of hydrogen-bond donors (Lipinski definition) is 4. The second-order valence-electron chi connectivity index (χ2n) is 8.25. The second-order valence-corrected chi connectivity index (χ2v) is 8.69. The lowest BCUT2D eigenvalue weighted by Gasteiger charge is -2.09. The Labute approximate surface area is 209 Å². The minimum absolute atomic E-state index is 0.132. The molecular formula is C26H20ClN5O4. The number of aromatic amines is 2. The lowest BCUT2D eigenvalue weighted by atomic mass is 10.1. The van der Waals surface area contributed by atoms with E-state index in [0.29, 0.717) is 27.5 Å². The van der Waals surface area contributed by atoms with Crippen LogP contribution in [-0.2, 0) is 11.2 Å². The topological polar surface area (TPSA) is 133 Å². The maximum Gasteiger partial charge on any atom is 0.439 e. The molecule has 0 aliphatic rings. The molecule has 0 fully saturated rings. The zero-order chi connectivity index (χ0) is 25.2. The van der Waals surface area contributed by atoms with Crippen molar-refractivity contribution in [3.05, 3.63) is 99.1 Å². The van der Waals surface area contributed by atoms with Crippen molar-refractivity contribution in [3.8, 4) is 11.4 Å². The van der Waals surface area contributed by atoms with Crippen LogP contribution in [0, 0.1) is 6.92 Å².